The standard InChI is InChI=1S/C27H35N5O/c1-18-10-12-21(13-11-18)32(23-9-7-8-22(17-23)31-14-5-6-15-31)27(33)24-16-19(2)28-26-25(24)20(3)29-30(26)4/h7-9,16-18,21H,5-6,10-15H2,1-4H3. The molecule has 6 heteroatoms. The highest BCUT2D eigenvalue weighted by Crippen LogP contribution is 2.35. The number of fused-ring (bicyclic) bond motifs is 1. The Hall–Kier alpha value is -2.89. The fourth-order valence-corrected chi connectivity index (χ4v) is 5.68. The smallest absolute Gasteiger partial charge is 0.259 e. The quantitative estimate of drug-likeness (QED) is 0.539. The fourth-order valence-electron chi connectivity index (χ4n) is 5.68. The molecule has 0 radical (unpaired) electrons. The van der Waals surface area contributed by atoms with E-state index in [-0.39, 0.29) is 11.9 Å². The molecule has 0 unspecified atom stereocenters. The third-order valence-corrected chi connectivity index (χ3v) is 7.48. The molecule has 1 saturated carbocycles. The summed E-state index contributed by atoms with van der Waals surface area (Å²) < 4.78 is 1.79. The maximum Gasteiger partial charge on any atom is 0.259 e. The van der Waals surface area contributed by atoms with Crippen LogP contribution in [0.2, 0.25) is 0 Å². The molecular weight excluding hydrogens is 410 g/mol. The molecule has 3 aromatic rings. The van der Waals surface area contributed by atoms with Crippen LogP contribution in [0.3, 0.4) is 0 Å². The van der Waals surface area contributed by atoms with Gasteiger partial charge in [0.15, 0.2) is 5.65 Å². The number of pyridine rings is 1. The zero-order valence-corrected chi connectivity index (χ0v) is 20.3. The van der Waals surface area contributed by atoms with Crippen molar-refractivity contribution in [3.63, 3.8) is 0 Å². The summed E-state index contributed by atoms with van der Waals surface area (Å²) in [6.45, 7) is 8.44. The number of rotatable bonds is 4. The lowest BCUT2D eigenvalue weighted by Gasteiger charge is -2.37. The van der Waals surface area contributed by atoms with Crippen LogP contribution in [-0.2, 0) is 7.05 Å². The van der Waals surface area contributed by atoms with Gasteiger partial charge in [0.05, 0.1) is 16.6 Å². The molecule has 33 heavy (non-hydrogen) atoms. The van der Waals surface area contributed by atoms with E-state index in [1.54, 1.807) is 4.68 Å². The van der Waals surface area contributed by atoms with Gasteiger partial charge < -0.3 is 9.80 Å². The highest BCUT2D eigenvalue weighted by atomic mass is 16.2. The van der Waals surface area contributed by atoms with Gasteiger partial charge in [0.2, 0.25) is 0 Å². The second-order valence-electron chi connectivity index (χ2n) is 10.0. The van der Waals surface area contributed by atoms with Gasteiger partial charge in [-0.15, -0.1) is 0 Å². The first-order valence-electron chi connectivity index (χ1n) is 12.4. The first kappa shape index (κ1) is 21.9. The predicted molar refractivity (Wildman–Crippen MR) is 134 cm³/mol. The maximum absolute atomic E-state index is 14.3. The van der Waals surface area contributed by atoms with Crippen LogP contribution in [0, 0.1) is 19.8 Å². The van der Waals surface area contributed by atoms with Gasteiger partial charge in [-0.05, 0) is 82.6 Å². The van der Waals surface area contributed by atoms with E-state index in [0.29, 0.717) is 5.56 Å². The van der Waals surface area contributed by atoms with Gasteiger partial charge >= 0.3 is 0 Å². The molecule has 174 valence electrons. The Labute approximate surface area is 196 Å². The van der Waals surface area contributed by atoms with E-state index in [2.05, 4.69) is 51.1 Å². The summed E-state index contributed by atoms with van der Waals surface area (Å²) >= 11 is 0. The van der Waals surface area contributed by atoms with E-state index in [0.717, 1.165) is 72.8 Å². The lowest BCUT2D eigenvalue weighted by Crippen LogP contribution is -2.42. The topological polar surface area (TPSA) is 54.3 Å². The number of amides is 1. The number of nitrogens with zero attached hydrogens (tertiary/aromatic N) is 5. The molecule has 0 atom stereocenters. The summed E-state index contributed by atoms with van der Waals surface area (Å²) in [6, 6.07) is 10.8. The van der Waals surface area contributed by atoms with E-state index < -0.39 is 0 Å². The monoisotopic (exact) mass is 445 g/mol. The number of benzene rings is 1. The van der Waals surface area contributed by atoms with Crippen molar-refractivity contribution in [2.24, 2.45) is 13.0 Å². The van der Waals surface area contributed by atoms with Gasteiger partial charge in [-0.3, -0.25) is 9.48 Å². The molecule has 1 aliphatic heterocycles. The number of hydrogen-bond donors (Lipinski definition) is 0. The van der Waals surface area contributed by atoms with Crippen molar-refractivity contribution in [2.75, 3.05) is 22.9 Å². The summed E-state index contributed by atoms with van der Waals surface area (Å²) in [5.41, 5.74) is 5.42. The Bertz CT molecular complexity index is 1170. The van der Waals surface area contributed by atoms with E-state index in [1.165, 1.54) is 18.5 Å². The van der Waals surface area contributed by atoms with Crippen LogP contribution in [0.4, 0.5) is 11.4 Å². The van der Waals surface area contributed by atoms with E-state index >= 15 is 0 Å². The minimum atomic E-state index is 0.0692. The molecular formula is C27H35N5O. The minimum absolute atomic E-state index is 0.0692. The van der Waals surface area contributed by atoms with Crippen LogP contribution in [0.15, 0.2) is 30.3 Å². The molecule has 2 aromatic heterocycles. The van der Waals surface area contributed by atoms with Crippen LogP contribution in [-0.4, -0.2) is 39.8 Å². The number of anilines is 2. The molecule has 0 N–H and O–H groups in total. The first-order chi connectivity index (χ1) is 15.9. The molecule has 0 bridgehead atoms. The average Bonchev–Trinajstić information content (AvgIpc) is 3.44. The van der Waals surface area contributed by atoms with Crippen molar-refractivity contribution < 1.29 is 4.79 Å². The molecule has 2 aliphatic rings. The molecule has 1 saturated heterocycles. The van der Waals surface area contributed by atoms with Gasteiger partial charge in [-0.1, -0.05) is 13.0 Å². The molecule has 1 aliphatic carbocycles. The predicted octanol–water partition coefficient (Wildman–Crippen LogP) is 5.41. The summed E-state index contributed by atoms with van der Waals surface area (Å²) in [5, 5.41) is 5.45. The van der Waals surface area contributed by atoms with Crippen molar-refractivity contribution >= 4 is 28.3 Å². The second-order valence-corrected chi connectivity index (χ2v) is 10.0. The first-order valence-corrected chi connectivity index (χ1v) is 12.4. The number of aromatic nitrogens is 3. The third kappa shape index (κ3) is 4.11. The second kappa shape index (κ2) is 8.81. The average molecular weight is 446 g/mol. The maximum atomic E-state index is 14.3. The normalized spacial score (nSPS) is 21.0. The molecule has 6 nitrogen and oxygen atoms in total. The van der Waals surface area contributed by atoms with E-state index in [9.17, 15) is 4.79 Å². The summed E-state index contributed by atoms with van der Waals surface area (Å²) in [6.07, 6.45) is 6.89. The van der Waals surface area contributed by atoms with Crippen molar-refractivity contribution in [1.29, 1.82) is 0 Å². The fraction of sp³-hybridized carbons (Fsp3) is 0.519. The lowest BCUT2D eigenvalue weighted by molar-refractivity contribution is 0.0969. The van der Waals surface area contributed by atoms with Crippen LogP contribution < -0.4 is 9.80 Å². The zero-order chi connectivity index (χ0) is 23.1. The molecule has 1 amide bonds. The molecule has 2 fully saturated rings. The summed E-state index contributed by atoms with van der Waals surface area (Å²) in [7, 11) is 1.90. The number of hydrogen-bond acceptors (Lipinski definition) is 4. The van der Waals surface area contributed by atoms with Gasteiger partial charge in [0.1, 0.15) is 0 Å². The molecule has 1 aromatic carbocycles. The Morgan fingerprint density at radius 2 is 1.79 bits per heavy atom. The van der Waals surface area contributed by atoms with Gasteiger partial charge in [-0.25, -0.2) is 4.98 Å². The molecule has 5 rings (SSSR count). The van der Waals surface area contributed by atoms with Crippen molar-refractivity contribution in [1.82, 2.24) is 14.8 Å². The zero-order valence-electron chi connectivity index (χ0n) is 20.3. The third-order valence-electron chi connectivity index (χ3n) is 7.48. The highest BCUT2D eigenvalue weighted by molar-refractivity contribution is 6.14. The van der Waals surface area contributed by atoms with Crippen LogP contribution in [0.1, 0.15) is 67.2 Å². The van der Waals surface area contributed by atoms with Gasteiger partial charge in [0.25, 0.3) is 5.91 Å². The van der Waals surface area contributed by atoms with E-state index in [1.807, 2.05) is 27.0 Å². The number of carbonyl (C=O) groups excluding carboxylic acids is 1. The van der Waals surface area contributed by atoms with Crippen LogP contribution in [0.25, 0.3) is 11.0 Å². The summed E-state index contributed by atoms with van der Waals surface area (Å²) in [5.74, 6) is 0.796. The Morgan fingerprint density at radius 3 is 2.52 bits per heavy atom. The Balaban J connectivity index is 1.61. The SMILES string of the molecule is Cc1cc(C(=O)N(c2cccc(N3CCCC3)c2)C2CCC(C)CC2)c2c(C)nn(C)c2n1. The minimum Gasteiger partial charge on any atom is -0.371 e. The largest absolute Gasteiger partial charge is 0.371 e. The van der Waals surface area contributed by atoms with Crippen LogP contribution >= 0.6 is 0 Å². The Morgan fingerprint density at radius 1 is 1.06 bits per heavy atom. The van der Waals surface area contributed by atoms with Crippen molar-refractivity contribution in [2.45, 2.75) is 65.3 Å². The number of carbonyl (C=O) groups is 1. The van der Waals surface area contributed by atoms with E-state index in [4.69, 9.17) is 0 Å². The summed E-state index contributed by atoms with van der Waals surface area (Å²) in [4.78, 5) is 23.5. The van der Waals surface area contributed by atoms with Gasteiger partial charge in [0, 0.05) is 43.2 Å². The van der Waals surface area contributed by atoms with Gasteiger partial charge in [-0.2, -0.15) is 5.10 Å². The number of aryl methyl sites for hydroxylation is 3. The van der Waals surface area contributed by atoms with Crippen LogP contribution in [0.5, 0.6) is 0 Å². The highest BCUT2D eigenvalue weighted by Gasteiger charge is 2.32. The lowest BCUT2D eigenvalue weighted by atomic mass is 9.86. The molecule has 0 spiro atoms. The Kier molecular flexibility index (Phi) is 5.85. The van der Waals surface area contributed by atoms with Crippen molar-refractivity contribution in [3.05, 3.63) is 47.3 Å². The van der Waals surface area contributed by atoms with Crippen molar-refractivity contribution in [3.8, 4) is 0 Å². The molecule has 3 heterocycles.